The lowest BCUT2D eigenvalue weighted by molar-refractivity contribution is 0.164. The second-order valence-electron chi connectivity index (χ2n) is 7.65. The number of aromatic amines is 1. The predicted octanol–water partition coefficient (Wildman–Crippen LogP) is 4.23. The van der Waals surface area contributed by atoms with Crippen molar-refractivity contribution in [1.29, 1.82) is 0 Å². The maximum Gasteiger partial charge on any atom is 0.415 e. The molecular formula is C22H26ClN5O3. The van der Waals surface area contributed by atoms with E-state index >= 15 is 0 Å². The minimum Gasteiger partial charge on any atom is -0.447 e. The molecule has 8 nitrogen and oxygen atoms in total. The Kier molecular flexibility index (Phi) is 6.80. The van der Waals surface area contributed by atoms with Crippen LogP contribution in [0.25, 0.3) is 10.9 Å². The number of aromatic nitrogens is 1. The molecule has 0 aliphatic carbocycles. The zero-order valence-corrected chi connectivity index (χ0v) is 18.7. The summed E-state index contributed by atoms with van der Waals surface area (Å²) in [5.74, 6) is 0.780. The number of pyridine rings is 1. The van der Waals surface area contributed by atoms with Crippen LogP contribution in [0.15, 0.2) is 50.9 Å². The van der Waals surface area contributed by atoms with Crippen LogP contribution in [0.5, 0.6) is 0 Å². The number of rotatable bonds is 5. The molecule has 0 unspecified atom stereocenters. The van der Waals surface area contributed by atoms with Crippen molar-refractivity contribution in [3.8, 4) is 0 Å². The van der Waals surface area contributed by atoms with Gasteiger partial charge in [0.15, 0.2) is 0 Å². The highest BCUT2D eigenvalue weighted by atomic mass is 35.5. The van der Waals surface area contributed by atoms with E-state index in [2.05, 4.69) is 27.0 Å². The van der Waals surface area contributed by atoms with E-state index in [9.17, 15) is 9.59 Å². The number of nitrogens with one attached hydrogen (secondary N) is 2. The maximum absolute atomic E-state index is 12.6. The maximum atomic E-state index is 12.6. The zero-order valence-electron chi connectivity index (χ0n) is 18.0. The molecule has 2 heterocycles. The Hall–Kier alpha value is -3.13. The van der Waals surface area contributed by atoms with Gasteiger partial charge in [0.2, 0.25) is 5.96 Å². The summed E-state index contributed by atoms with van der Waals surface area (Å²) >= 11 is 6.08. The summed E-state index contributed by atoms with van der Waals surface area (Å²) in [6, 6.07) is 6.49. The van der Waals surface area contributed by atoms with Gasteiger partial charge in [0.25, 0.3) is 5.56 Å². The molecule has 2 atom stereocenters. The first kappa shape index (κ1) is 22.6. The topological polar surface area (TPSA) is 99.2 Å². The van der Waals surface area contributed by atoms with Crippen molar-refractivity contribution in [3.05, 3.63) is 57.1 Å². The van der Waals surface area contributed by atoms with Crippen LogP contribution in [0.1, 0.15) is 39.3 Å². The number of cyclic esters (lactones) is 1. The van der Waals surface area contributed by atoms with E-state index in [4.69, 9.17) is 16.3 Å². The Morgan fingerprint density at radius 1 is 1.35 bits per heavy atom. The molecule has 1 aromatic carbocycles. The van der Waals surface area contributed by atoms with Crippen molar-refractivity contribution in [2.45, 2.75) is 39.8 Å². The Labute approximate surface area is 185 Å². The molecule has 3 rings (SSSR count). The fraction of sp³-hybridized carbons (Fsp3) is 0.364. The lowest BCUT2D eigenvalue weighted by Gasteiger charge is -2.24. The quantitative estimate of drug-likeness (QED) is 0.533. The number of H-pyrrole nitrogens is 1. The van der Waals surface area contributed by atoms with E-state index in [0.717, 1.165) is 5.39 Å². The molecule has 31 heavy (non-hydrogen) atoms. The summed E-state index contributed by atoms with van der Waals surface area (Å²) in [7, 11) is 0. The number of carbonyl (C=O) groups excluding carboxylic acids is 1. The van der Waals surface area contributed by atoms with Crippen LogP contribution in [-0.4, -0.2) is 41.3 Å². The molecule has 0 radical (unpaired) electrons. The number of fused-ring (bicyclic) bond motifs is 1. The van der Waals surface area contributed by atoms with Crippen molar-refractivity contribution in [3.63, 3.8) is 0 Å². The predicted molar refractivity (Wildman–Crippen MR) is 124 cm³/mol. The Morgan fingerprint density at radius 2 is 2.10 bits per heavy atom. The van der Waals surface area contributed by atoms with Gasteiger partial charge in [0.05, 0.1) is 12.1 Å². The fourth-order valence-electron chi connectivity index (χ4n) is 3.46. The number of aliphatic imine (C=N–C) groups is 2. The van der Waals surface area contributed by atoms with E-state index in [1.165, 1.54) is 4.90 Å². The van der Waals surface area contributed by atoms with E-state index in [1.54, 1.807) is 37.3 Å². The van der Waals surface area contributed by atoms with Crippen LogP contribution in [0.4, 0.5) is 4.79 Å². The van der Waals surface area contributed by atoms with Gasteiger partial charge in [-0.2, -0.15) is 4.99 Å². The van der Waals surface area contributed by atoms with Gasteiger partial charge in [-0.25, -0.2) is 9.79 Å². The van der Waals surface area contributed by atoms with Crippen LogP contribution in [0.2, 0.25) is 5.02 Å². The number of guanidine groups is 1. The molecule has 9 heteroatoms. The monoisotopic (exact) mass is 443 g/mol. The number of benzene rings is 1. The molecular weight excluding hydrogens is 418 g/mol. The van der Waals surface area contributed by atoms with Crippen molar-refractivity contribution >= 4 is 41.3 Å². The van der Waals surface area contributed by atoms with Gasteiger partial charge in [0.1, 0.15) is 12.4 Å². The average Bonchev–Trinajstić information content (AvgIpc) is 3.12. The molecule has 2 aromatic rings. The number of amides is 1. The second-order valence-corrected chi connectivity index (χ2v) is 8.09. The fourth-order valence-corrected chi connectivity index (χ4v) is 3.64. The first-order valence-corrected chi connectivity index (χ1v) is 10.4. The van der Waals surface area contributed by atoms with Gasteiger partial charge in [0, 0.05) is 21.5 Å². The normalized spacial score (nSPS) is 18.5. The summed E-state index contributed by atoms with van der Waals surface area (Å²) < 4.78 is 5.21. The summed E-state index contributed by atoms with van der Waals surface area (Å²) in [4.78, 5) is 37.7. The van der Waals surface area contributed by atoms with Crippen LogP contribution < -0.4 is 10.9 Å². The van der Waals surface area contributed by atoms with Crippen molar-refractivity contribution < 1.29 is 9.53 Å². The highest BCUT2D eigenvalue weighted by Gasteiger charge is 2.37. The van der Waals surface area contributed by atoms with Crippen LogP contribution in [-0.2, 0) is 4.74 Å². The molecule has 2 N–H and O–H groups in total. The Morgan fingerprint density at radius 3 is 2.74 bits per heavy atom. The molecule has 164 valence electrons. The van der Waals surface area contributed by atoms with Gasteiger partial charge < -0.3 is 15.0 Å². The smallest absolute Gasteiger partial charge is 0.415 e. The molecule has 0 saturated carbocycles. The minimum absolute atomic E-state index is 0.126. The van der Waals surface area contributed by atoms with Crippen LogP contribution in [0.3, 0.4) is 0 Å². The van der Waals surface area contributed by atoms with Gasteiger partial charge in [-0.1, -0.05) is 25.4 Å². The standard InChI is InChI=1S/C22H26ClN5O3/c1-6-19(28-18(12(2)3)11-31-22(28)30)27-21(24-5)25-13(4)16-10-14-9-15(23)7-8-17(14)26-20(16)29/h6-10,12-13,18H,5,11H2,1-4H3,(H,25,27)(H,26,29)/b19-6+/t13-,18-/m1/s1. The van der Waals surface area contributed by atoms with E-state index in [0.29, 0.717) is 28.5 Å². The minimum atomic E-state index is -0.449. The third kappa shape index (κ3) is 4.80. The Bertz CT molecular complexity index is 1120. The molecule has 1 amide bonds. The number of ether oxygens (including phenoxy) is 1. The molecule has 0 bridgehead atoms. The third-order valence-corrected chi connectivity index (χ3v) is 5.43. The molecule has 1 aromatic heterocycles. The molecule has 1 aliphatic heterocycles. The largest absolute Gasteiger partial charge is 0.447 e. The summed E-state index contributed by atoms with van der Waals surface area (Å²) in [5.41, 5.74) is 0.964. The lowest BCUT2D eigenvalue weighted by Crippen LogP contribution is -2.37. The summed E-state index contributed by atoms with van der Waals surface area (Å²) in [5, 5.41) is 4.49. The van der Waals surface area contributed by atoms with Crippen LogP contribution >= 0.6 is 11.6 Å². The average molecular weight is 444 g/mol. The van der Waals surface area contributed by atoms with E-state index in [1.807, 2.05) is 20.8 Å². The SMILES string of the molecule is C=N/C(=N\C(=C/C)N1C(=O)OC[C@@H]1C(C)C)N[C@H](C)c1cc2cc(Cl)ccc2[nH]c1=O. The van der Waals surface area contributed by atoms with E-state index < -0.39 is 12.1 Å². The second kappa shape index (κ2) is 9.34. The molecule has 1 aliphatic rings. The first-order chi connectivity index (χ1) is 14.7. The van der Waals surface area contributed by atoms with Crippen molar-refractivity contribution in [1.82, 2.24) is 15.2 Å². The molecule has 1 fully saturated rings. The van der Waals surface area contributed by atoms with Gasteiger partial charge in [-0.15, -0.1) is 0 Å². The Balaban J connectivity index is 1.89. The number of carbonyl (C=O) groups is 1. The molecule has 1 saturated heterocycles. The van der Waals surface area contributed by atoms with Gasteiger partial charge >= 0.3 is 6.09 Å². The highest BCUT2D eigenvalue weighted by Crippen LogP contribution is 2.25. The highest BCUT2D eigenvalue weighted by molar-refractivity contribution is 6.31. The van der Waals surface area contributed by atoms with Crippen molar-refractivity contribution in [2.24, 2.45) is 15.9 Å². The number of allylic oxidation sites excluding steroid dienone is 1. The lowest BCUT2D eigenvalue weighted by atomic mass is 10.0. The number of halogens is 1. The number of hydrogen-bond acceptors (Lipinski definition) is 4. The van der Waals surface area contributed by atoms with Crippen molar-refractivity contribution in [2.75, 3.05) is 6.61 Å². The molecule has 0 spiro atoms. The third-order valence-electron chi connectivity index (χ3n) is 5.20. The number of hydrogen-bond donors (Lipinski definition) is 2. The van der Waals surface area contributed by atoms with Crippen LogP contribution in [0, 0.1) is 5.92 Å². The van der Waals surface area contributed by atoms with Gasteiger partial charge in [-0.3, -0.25) is 9.69 Å². The summed E-state index contributed by atoms with van der Waals surface area (Å²) in [6.45, 7) is 11.5. The summed E-state index contributed by atoms with van der Waals surface area (Å²) in [6.07, 6.45) is 1.26. The van der Waals surface area contributed by atoms with E-state index in [-0.39, 0.29) is 23.5 Å². The zero-order chi connectivity index (χ0) is 22.7. The van der Waals surface area contributed by atoms with Gasteiger partial charge in [-0.05, 0) is 56.8 Å². The number of nitrogens with zero attached hydrogens (tertiary/aromatic N) is 3. The first-order valence-electron chi connectivity index (χ1n) is 10.0.